The number of nitrogens with zero attached hydrogens (tertiary/aromatic N) is 3. The fourth-order valence-corrected chi connectivity index (χ4v) is 3.85. The topological polar surface area (TPSA) is 106 Å². The normalized spacial score (nSPS) is 35.6. The van der Waals surface area contributed by atoms with Crippen molar-refractivity contribution in [2.45, 2.75) is 82.6 Å². The van der Waals surface area contributed by atoms with Gasteiger partial charge in [-0.2, -0.15) is 0 Å². The summed E-state index contributed by atoms with van der Waals surface area (Å²) in [6.45, 7) is 14.5. The van der Waals surface area contributed by atoms with Gasteiger partial charge < -0.3 is 23.7 Å². The number of aliphatic hydroxyl groups excluding tert-OH is 1. The molecule has 2 unspecified atom stereocenters. The molecule has 0 aromatic heterocycles. The third-order valence-corrected chi connectivity index (χ3v) is 9.66. The molecule has 2 fully saturated rings. The third kappa shape index (κ3) is 3.48. The van der Waals surface area contributed by atoms with Gasteiger partial charge in [-0.15, -0.1) is 0 Å². The minimum Gasteiger partial charge on any atom is -0.414 e. The monoisotopic (exact) mass is 359 g/mol. The van der Waals surface area contributed by atoms with Gasteiger partial charge in [0.15, 0.2) is 26.0 Å². The Kier molecular flexibility index (Phi) is 5.11. The molecule has 0 aromatic carbocycles. The first kappa shape index (κ1) is 19.6. The lowest BCUT2D eigenvalue weighted by Crippen LogP contribution is -2.54. The Hall–Kier alpha value is -0.673. The zero-order valence-corrected chi connectivity index (χ0v) is 16.6. The number of ether oxygens (including phenoxy) is 3. The Morgan fingerprint density at radius 1 is 1.33 bits per heavy atom. The Labute approximate surface area is 144 Å². The molecule has 2 aliphatic heterocycles. The van der Waals surface area contributed by atoms with Crippen LogP contribution in [0, 0.1) is 0 Å². The summed E-state index contributed by atoms with van der Waals surface area (Å²) in [7, 11) is -2.05. The zero-order valence-electron chi connectivity index (χ0n) is 15.6. The SMILES string of the molecule is CC1(C)O[C@@H]2[C@@H](CN=[N+]=[N-])OC(O)C2(CO[Si](C)(C)C(C)(C)C)O1. The van der Waals surface area contributed by atoms with Crippen LogP contribution >= 0.6 is 0 Å². The van der Waals surface area contributed by atoms with Crippen LogP contribution in [0.2, 0.25) is 18.1 Å². The molecule has 24 heavy (non-hydrogen) atoms. The van der Waals surface area contributed by atoms with Gasteiger partial charge >= 0.3 is 0 Å². The van der Waals surface area contributed by atoms with Gasteiger partial charge in [0, 0.05) is 4.91 Å². The smallest absolute Gasteiger partial charge is 0.192 e. The fraction of sp³-hybridized carbons (Fsp3) is 1.00. The predicted octanol–water partition coefficient (Wildman–Crippen LogP) is 2.93. The van der Waals surface area contributed by atoms with Gasteiger partial charge in [-0.25, -0.2) is 0 Å². The molecule has 0 spiro atoms. The van der Waals surface area contributed by atoms with E-state index in [0.717, 1.165) is 0 Å². The van der Waals surface area contributed by atoms with Crippen molar-refractivity contribution in [1.29, 1.82) is 0 Å². The third-order valence-electron chi connectivity index (χ3n) is 5.18. The van der Waals surface area contributed by atoms with Crippen LogP contribution in [0.4, 0.5) is 0 Å². The summed E-state index contributed by atoms with van der Waals surface area (Å²) < 4.78 is 23.9. The second kappa shape index (κ2) is 6.24. The van der Waals surface area contributed by atoms with E-state index in [0.29, 0.717) is 0 Å². The van der Waals surface area contributed by atoms with E-state index >= 15 is 0 Å². The molecule has 0 bridgehead atoms. The highest BCUT2D eigenvalue weighted by atomic mass is 28.4. The summed E-state index contributed by atoms with van der Waals surface area (Å²) in [5, 5.41) is 14.1. The van der Waals surface area contributed by atoms with Crippen molar-refractivity contribution in [1.82, 2.24) is 0 Å². The van der Waals surface area contributed by atoms with Crippen molar-refractivity contribution in [3.8, 4) is 0 Å². The van der Waals surface area contributed by atoms with Crippen LogP contribution in [0.25, 0.3) is 10.4 Å². The van der Waals surface area contributed by atoms with Crippen molar-refractivity contribution in [3.63, 3.8) is 0 Å². The molecule has 8 nitrogen and oxygen atoms in total. The zero-order chi connectivity index (χ0) is 18.4. The maximum Gasteiger partial charge on any atom is 0.192 e. The molecule has 2 heterocycles. The first-order chi connectivity index (χ1) is 10.8. The largest absolute Gasteiger partial charge is 0.414 e. The molecule has 0 aliphatic carbocycles. The summed E-state index contributed by atoms with van der Waals surface area (Å²) in [4.78, 5) is 2.76. The lowest BCUT2D eigenvalue weighted by molar-refractivity contribution is -0.250. The molecule has 0 amide bonds. The predicted molar refractivity (Wildman–Crippen MR) is 90.8 cm³/mol. The number of hydrogen-bond acceptors (Lipinski definition) is 6. The van der Waals surface area contributed by atoms with E-state index in [1.807, 2.05) is 0 Å². The highest BCUT2D eigenvalue weighted by Crippen LogP contribution is 2.47. The fourth-order valence-electron chi connectivity index (χ4n) is 2.83. The van der Waals surface area contributed by atoms with Crippen LogP contribution in [0.3, 0.4) is 0 Å². The van der Waals surface area contributed by atoms with Crippen LogP contribution in [-0.4, -0.2) is 56.5 Å². The Morgan fingerprint density at radius 2 is 1.96 bits per heavy atom. The van der Waals surface area contributed by atoms with Gasteiger partial charge in [0.05, 0.1) is 19.3 Å². The average Bonchev–Trinajstić information content (AvgIpc) is 2.84. The van der Waals surface area contributed by atoms with Gasteiger partial charge in [-0.3, -0.25) is 0 Å². The maximum atomic E-state index is 10.5. The molecule has 4 atom stereocenters. The van der Waals surface area contributed by atoms with E-state index in [-0.39, 0.29) is 18.2 Å². The molecular formula is C15H29N3O5Si. The van der Waals surface area contributed by atoms with Crippen LogP contribution in [0.5, 0.6) is 0 Å². The first-order valence-corrected chi connectivity index (χ1v) is 11.1. The summed E-state index contributed by atoms with van der Waals surface area (Å²) in [5.74, 6) is -0.874. The summed E-state index contributed by atoms with van der Waals surface area (Å²) in [6, 6.07) is 0. The first-order valence-electron chi connectivity index (χ1n) is 8.21. The highest BCUT2D eigenvalue weighted by molar-refractivity contribution is 6.74. The quantitative estimate of drug-likeness (QED) is 0.351. The summed E-state index contributed by atoms with van der Waals surface area (Å²) in [6.07, 6.45) is -2.33. The standard InChI is InChI=1S/C15H29N3O5Si/c1-13(2,3)24(6,7)20-9-15-11(22-14(4,5)23-15)10(8-17-18-16)21-12(15)19/h10-12,19H,8-9H2,1-7H3/t10-,11-,12?,15?/m1/s1. The van der Waals surface area contributed by atoms with E-state index in [1.54, 1.807) is 13.8 Å². The average molecular weight is 359 g/mol. The Balaban J connectivity index is 2.24. The number of aliphatic hydroxyl groups is 1. The van der Waals surface area contributed by atoms with Gasteiger partial charge in [0.2, 0.25) is 0 Å². The highest BCUT2D eigenvalue weighted by Gasteiger charge is 2.66. The van der Waals surface area contributed by atoms with Crippen molar-refractivity contribution >= 4 is 8.32 Å². The van der Waals surface area contributed by atoms with Gasteiger partial charge in [0.25, 0.3) is 0 Å². The molecule has 0 saturated carbocycles. The molecule has 1 N–H and O–H groups in total. The second-order valence-corrected chi connectivity index (χ2v) is 13.3. The van der Waals surface area contributed by atoms with Crippen LogP contribution in [0.1, 0.15) is 34.6 Å². The second-order valence-electron chi connectivity index (χ2n) is 8.48. The molecule has 138 valence electrons. The van der Waals surface area contributed by atoms with Crippen molar-refractivity contribution < 1.29 is 23.7 Å². The van der Waals surface area contributed by atoms with Crippen LogP contribution in [-0.2, 0) is 18.6 Å². The molecule has 2 rings (SSSR count). The van der Waals surface area contributed by atoms with E-state index in [2.05, 4.69) is 43.9 Å². The van der Waals surface area contributed by atoms with Gasteiger partial charge in [-0.05, 0) is 37.5 Å². The number of rotatable bonds is 5. The van der Waals surface area contributed by atoms with Gasteiger partial charge in [-0.1, -0.05) is 25.9 Å². The van der Waals surface area contributed by atoms with Crippen molar-refractivity contribution in [2.24, 2.45) is 5.11 Å². The molecule has 9 heteroatoms. The molecule has 2 aliphatic rings. The Bertz CT molecular complexity index is 530. The maximum absolute atomic E-state index is 10.5. The minimum absolute atomic E-state index is 0.0308. The van der Waals surface area contributed by atoms with Crippen molar-refractivity contribution in [2.75, 3.05) is 13.2 Å². The number of azide groups is 1. The summed E-state index contributed by atoms with van der Waals surface area (Å²) in [5.41, 5.74) is 7.43. The number of fused-ring (bicyclic) bond motifs is 1. The minimum atomic E-state index is -2.05. The lowest BCUT2D eigenvalue weighted by atomic mass is 9.96. The van der Waals surface area contributed by atoms with E-state index in [1.165, 1.54) is 0 Å². The number of hydrogen-bond donors (Lipinski definition) is 1. The summed E-state index contributed by atoms with van der Waals surface area (Å²) >= 11 is 0. The molecule has 0 radical (unpaired) electrons. The Morgan fingerprint density at radius 3 is 2.50 bits per heavy atom. The van der Waals surface area contributed by atoms with E-state index < -0.39 is 38.2 Å². The van der Waals surface area contributed by atoms with Crippen LogP contribution < -0.4 is 0 Å². The molecule has 2 saturated heterocycles. The lowest BCUT2D eigenvalue weighted by Gasteiger charge is -2.39. The molecule has 0 aromatic rings. The van der Waals surface area contributed by atoms with E-state index in [9.17, 15) is 5.11 Å². The molecular weight excluding hydrogens is 330 g/mol. The van der Waals surface area contributed by atoms with E-state index in [4.69, 9.17) is 24.2 Å². The van der Waals surface area contributed by atoms with Gasteiger partial charge in [0.1, 0.15) is 6.10 Å². The van der Waals surface area contributed by atoms with Crippen LogP contribution in [0.15, 0.2) is 5.11 Å². The van der Waals surface area contributed by atoms with Crippen molar-refractivity contribution in [3.05, 3.63) is 10.4 Å².